The second-order valence-corrected chi connectivity index (χ2v) is 6.19. The maximum absolute atomic E-state index is 13.1. The van der Waals surface area contributed by atoms with Gasteiger partial charge in [0.25, 0.3) is 5.91 Å². The first-order valence-electron chi connectivity index (χ1n) is 8.66. The van der Waals surface area contributed by atoms with Crippen LogP contribution in [-0.2, 0) is 17.8 Å². The molecule has 0 aliphatic carbocycles. The number of ether oxygens (including phenoxy) is 1. The number of aromatic amines is 1. The molecule has 8 nitrogen and oxygen atoms in total. The van der Waals surface area contributed by atoms with Gasteiger partial charge in [-0.3, -0.25) is 14.6 Å². The van der Waals surface area contributed by atoms with Crippen LogP contribution in [0.1, 0.15) is 34.4 Å². The van der Waals surface area contributed by atoms with E-state index in [0.717, 1.165) is 28.9 Å². The third kappa shape index (κ3) is 3.45. The lowest BCUT2D eigenvalue weighted by atomic mass is 10.1. The molecule has 3 rings (SSSR count). The van der Waals surface area contributed by atoms with Gasteiger partial charge in [-0.25, -0.2) is 4.98 Å². The molecule has 0 saturated carbocycles. The number of amides is 1. The highest BCUT2D eigenvalue weighted by molar-refractivity contribution is 5.94. The molecule has 0 atom stereocenters. The van der Waals surface area contributed by atoms with Crippen LogP contribution in [0.3, 0.4) is 0 Å². The second kappa shape index (κ2) is 7.65. The molecule has 26 heavy (non-hydrogen) atoms. The van der Waals surface area contributed by atoms with Gasteiger partial charge in [-0.15, -0.1) is 0 Å². The molecule has 3 aromatic rings. The Morgan fingerprint density at radius 3 is 2.85 bits per heavy atom. The van der Waals surface area contributed by atoms with Crippen LogP contribution in [0.2, 0.25) is 0 Å². The number of pyridine rings is 1. The van der Waals surface area contributed by atoms with Crippen molar-refractivity contribution in [1.82, 2.24) is 29.9 Å². The lowest BCUT2D eigenvalue weighted by Crippen LogP contribution is -2.34. The van der Waals surface area contributed by atoms with Gasteiger partial charge in [0.2, 0.25) is 0 Å². The standard InChI is InChI=1S/C18H24N6O2/c1-5-24-13(3)15(12(2)22-24)11-23(8-9-26-4)18(25)16-7-6-14-10-19-21-17(14)20-16/h6-7,10H,5,8-9,11H2,1-4H3,(H,19,20,21). The molecule has 3 aromatic heterocycles. The van der Waals surface area contributed by atoms with Crippen molar-refractivity contribution in [2.24, 2.45) is 0 Å². The van der Waals surface area contributed by atoms with Crippen LogP contribution in [0.4, 0.5) is 0 Å². The number of H-pyrrole nitrogens is 1. The van der Waals surface area contributed by atoms with Crippen LogP contribution in [0.25, 0.3) is 11.0 Å². The fourth-order valence-electron chi connectivity index (χ4n) is 3.02. The predicted octanol–water partition coefficient (Wildman–Crippen LogP) is 2.08. The van der Waals surface area contributed by atoms with Crippen LogP contribution < -0.4 is 0 Å². The third-order valence-electron chi connectivity index (χ3n) is 4.55. The van der Waals surface area contributed by atoms with E-state index in [1.807, 2.05) is 24.6 Å². The number of rotatable bonds is 7. The number of methoxy groups -OCH3 is 1. The molecular formula is C18H24N6O2. The minimum Gasteiger partial charge on any atom is -0.383 e. The lowest BCUT2D eigenvalue weighted by Gasteiger charge is -2.22. The van der Waals surface area contributed by atoms with Gasteiger partial charge in [0.05, 0.1) is 18.5 Å². The van der Waals surface area contributed by atoms with Crippen molar-refractivity contribution in [3.05, 3.63) is 41.0 Å². The van der Waals surface area contributed by atoms with Crippen molar-refractivity contribution in [3.63, 3.8) is 0 Å². The zero-order valence-corrected chi connectivity index (χ0v) is 15.6. The molecule has 0 fully saturated rings. The van der Waals surface area contributed by atoms with Gasteiger partial charge in [-0.1, -0.05) is 0 Å². The number of aryl methyl sites for hydroxylation is 2. The summed E-state index contributed by atoms with van der Waals surface area (Å²) >= 11 is 0. The third-order valence-corrected chi connectivity index (χ3v) is 4.55. The number of nitrogens with one attached hydrogen (secondary N) is 1. The van der Waals surface area contributed by atoms with E-state index in [0.29, 0.717) is 31.0 Å². The number of nitrogens with zero attached hydrogens (tertiary/aromatic N) is 5. The Bertz CT molecular complexity index is 914. The number of fused-ring (bicyclic) bond motifs is 1. The molecule has 0 saturated heterocycles. The van der Waals surface area contributed by atoms with Crippen LogP contribution in [0.5, 0.6) is 0 Å². The first-order valence-corrected chi connectivity index (χ1v) is 8.66. The summed E-state index contributed by atoms with van der Waals surface area (Å²) in [6, 6.07) is 3.58. The van der Waals surface area contributed by atoms with Crippen LogP contribution >= 0.6 is 0 Å². The average molecular weight is 356 g/mol. The van der Waals surface area contributed by atoms with Crippen molar-refractivity contribution in [1.29, 1.82) is 0 Å². The highest BCUT2D eigenvalue weighted by atomic mass is 16.5. The monoisotopic (exact) mass is 356 g/mol. The first-order chi connectivity index (χ1) is 12.5. The van der Waals surface area contributed by atoms with E-state index in [9.17, 15) is 4.79 Å². The molecule has 1 amide bonds. The number of carbonyl (C=O) groups is 1. The molecular weight excluding hydrogens is 332 g/mol. The van der Waals surface area contributed by atoms with Crippen molar-refractivity contribution in [3.8, 4) is 0 Å². The Morgan fingerprint density at radius 2 is 2.15 bits per heavy atom. The molecule has 0 aliphatic rings. The number of hydrogen-bond donors (Lipinski definition) is 1. The van der Waals surface area contributed by atoms with Crippen LogP contribution in [0, 0.1) is 13.8 Å². The summed E-state index contributed by atoms with van der Waals surface area (Å²) in [7, 11) is 1.63. The Balaban J connectivity index is 1.89. The zero-order chi connectivity index (χ0) is 18.7. The number of hydrogen-bond acceptors (Lipinski definition) is 5. The molecule has 0 bridgehead atoms. The van der Waals surface area contributed by atoms with Gasteiger partial charge in [-0.2, -0.15) is 10.2 Å². The van der Waals surface area contributed by atoms with Gasteiger partial charge in [-0.05, 0) is 32.9 Å². The zero-order valence-electron chi connectivity index (χ0n) is 15.6. The summed E-state index contributed by atoms with van der Waals surface area (Å²) in [5.74, 6) is -0.137. The first kappa shape index (κ1) is 18.1. The van der Waals surface area contributed by atoms with E-state index in [1.54, 1.807) is 24.3 Å². The molecule has 0 radical (unpaired) electrons. The maximum Gasteiger partial charge on any atom is 0.272 e. The quantitative estimate of drug-likeness (QED) is 0.700. The largest absolute Gasteiger partial charge is 0.383 e. The second-order valence-electron chi connectivity index (χ2n) is 6.19. The van der Waals surface area contributed by atoms with Gasteiger partial charge in [0.15, 0.2) is 5.65 Å². The van der Waals surface area contributed by atoms with Gasteiger partial charge < -0.3 is 9.64 Å². The highest BCUT2D eigenvalue weighted by Crippen LogP contribution is 2.18. The molecule has 3 heterocycles. The summed E-state index contributed by atoms with van der Waals surface area (Å²) in [5, 5.41) is 12.2. The lowest BCUT2D eigenvalue weighted by molar-refractivity contribution is 0.0674. The van der Waals surface area contributed by atoms with E-state index in [1.165, 1.54) is 0 Å². The Morgan fingerprint density at radius 1 is 1.35 bits per heavy atom. The van der Waals surface area contributed by atoms with E-state index in [4.69, 9.17) is 4.74 Å². The number of carbonyl (C=O) groups excluding carboxylic acids is 1. The fraction of sp³-hybridized carbons (Fsp3) is 0.444. The van der Waals surface area contributed by atoms with Crippen molar-refractivity contribution in [2.75, 3.05) is 20.3 Å². The minimum atomic E-state index is -0.137. The van der Waals surface area contributed by atoms with E-state index < -0.39 is 0 Å². The summed E-state index contributed by atoms with van der Waals surface area (Å²) in [6.07, 6.45) is 1.69. The van der Waals surface area contributed by atoms with Crippen molar-refractivity contribution >= 4 is 16.9 Å². The summed E-state index contributed by atoms with van der Waals surface area (Å²) in [4.78, 5) is 19.2. The summed E-state index contributed by atoms with van der Waals surface area (Å²) in [5.41, 5.74) is 4.08. The summed E-state index contributed by atoms with van der Waals surface area (Å²) < 4.78 is 7.15. The van der Waals surface area contributed by atoms with Crippen molar-refractivity contribution in [2.45, 2.75) is 33.9 Å². The molecule has 0 spiro atoms. The van der Waals surface area contributed by atoms with Crippen molar-refractivity contribution < 1.29 is 9.53 Å². The maximum atomic E-state index is 13.1. The Labute approximate surface area is 152 Å². The fourth-order valence-corrected chi connectivity index (χ4v) is 3.02. The smallest absolute Gasteiger partial charge is 0.272 e. The molecule has 1 N–H and O–H groups in total. The van der Waals surface area contributed by atoms with Gasteiger partial charge in [0, 0.05) is 43.4 Å². The number of aromatic nitrogens is 5. The topological polar surface area (TPSA) is 88.9 Å². The molecule has 0 aromatic carbocycles. The van der Waals surface area contributed by atoms with E-state index in [-0.39, 0.29) is 5.91 Å². The van der Waals surface area contributed by atoms with Crippen LogP contribution in [0.15, 0.2) is 18.3 Å². The van der Waals surface area contributed by atoms with Gasteiger partial charge >= 0.3 is 0 Å². The SMILES string of the molecule is CCn1nc(C)c(CN(CCOC)C(=O)c2ccc3cn[nH]c3n2)c1C. The molecule has 0 aliphatic heterocycles. The van der Waals surface area contributed by atoms with E-state index in [2.05, 4.69) is 27.2 Å². The van der Waals surface area contributed by atoms with E-state index >= 15 is 0 Å². The highest BCUT2D eigenvalue weighted by Gasteiger charge is 2.21. The molecule has 0 unspecified atom stereocenters. The predicted molar refractivity (Wildman–Crippen MR) is 97.9 cm³/mol. The molecule has 8 heteroatoms. The normalized spacial score (nSPS) is 11.2. The average Bonchev–Trinajstić information content (AvgIpc) is 3.22. The summed E-state index contributed by atoms with van der Waals surface area (Å²) in [6.45, 7) is 8.28. The van der Waals surface area contributed by atoms with Crippen LogP contribution in [-0.4, -0.2) is 56.0 Å². The Hall–Kier alpha value is -2.74. The Kier molecular flexibility index (Phi) is 5.32. The molecule has 138 valence electrons. The van der Waals surface area contributed by atoms with Gasteiger partial charge in [0.1, 0.15) is 5.69 Å². The minimum absolute atomic E-state index is 0.137.